The second-order valence-corrected chi connectivity index (χ2v) is 3.95. The van der Waals surface area contributed by atoms with Crippen LogP contribution in [-0.2, 0) is 13.6 Å². The van der Waals surface area contributed by atoms with Gasteiger partial charge in [-0.3, -0.25) is 4.68 Å². The van der Waals surface area contributed by atoms with Crippen molar-refractivity contribution in [3.8, 4) is 6.07 Å². The molecule has 5 heteroatoms. The lowest BCUT2D eigenvalue weighted by Gasteiger charge is -2.15. The van der Waals surface area contributed by atoms with Crippen LogP contribution in [0.15, 0.2) is 6.20 Å². The van der Waals surface area contributed by atoms with Crippen LogP contribution in [0.3, 0.4) is 0 Å². The number of hydrogen-bond acceptors (Lipinski definition) is 4. The largest absolute Gasteiger partial charge is 0.310 e. The predicted molar refractivity (Wildman–Crippen MR) is 52.1 cm³/mol. The van der Waals surface area contributed by atoms with Gasteiger partial charge in [0.1, 0.15) is 0 Å². The van der Waals surface area contributed by atoms with Crippen molar-refractivity contribution in [1.82, 2.24) is 20.3 Å². The molecule has 0 aliphatic carbocycles. The Labute approximate surface area is 83.7 Å². The molecule has 0 saturated carbocycles. The van der Waals surface area contributed by atoms with Crippen molar-refractivity contribution in [2.24, 2.45) is 12.5 Å². The van der Waals surface area contributed by atoms with Crippen molar-refractivity contribution < 1.29 is 0 Å². The van der Waals surface area contributed by atoms with Crippen molar-refractivity contribution in [3.05, 3.63) is 11.9 Å². The van der Waals surface area contributed by atoms with E-state index in [2.05, 4.69) is 21.7 Å². The number of aromatic nitrogens is 3. The Morgan fingerprint density at radius 1 is 1.64 bits per heavy atom. The summed E-state index contributed by atoms with van der Waals surface area (Å²) in [6, 6.07) is 2.24. The zero-order chi connectivity index (χ0) is 10.6. The molecule has 1 N–H and O–H groups in total. The van der Waals surface area contributed by atoms with E-state index in [0.717, 1.165) is 5.69 Å². The maximum Gasteiger partial charge on any atom is 0.0738 e. The van der Waals surface area contributed by atoms with Crippen molar-refractivity contribution in [2.45, 2.75) is 20.4 Å². The van der Waals surface area contributed by atoms with Crippen LogP contribution in [0.1, 0.15) is 19.5 Å². The average Bonchev–Trinajstić information content (AvgIpc) is 2.52. The van der Waals surface area contributed by atoms with E-state index in [1.54, 1.807) is 10.9 Å². The molecule has 14 heavy (non-hydrogen) atoms. The highest BCUT2D eigenvalue weighted by Crippen LogP contribution is 2.10. The molecular formula is C9H15N5. The SMILES string of the molecule is Cn1nncc1CNCC(C)(C)C#N. The third-order valence-electron chi connectivity index (χ3n) is 1.98. The second kappa shape index (κ2) is 4.20. The third kappa shape index (κ3) is 2.82. The molecule has 0 radical (unpaired) electrons. The standard InChI is InChI=1S/C9H15N5/c1-9(2,6-10)7-11-4-8-5-12-13-14(8)3/h5,11H,4,7H2,1-3H3. The summed E-state index contributed by atoms with van der Waals surface area (Å²) in [4.78, 5) is 0. The highest BCUT2D eigenvalue weighted by atomic mass is 15.4. The van der Waals surface area contributed by atoms with Crippen LogP contribution in [0.2, 0.25) is 0 Å². The maximum absolute atomic E-state index is 8.79. The molecule has 0 aromatic carbocycles. The highest BCUT2D eigenvalue weighted by Gasteiger charge is 2.15. The maximum atomic E-state index is 8.79. The third-order valence-corrected chi connectivity index (χ3v) is 1.98. The minimum Gasteiger partial charge on any atom is -0.310 e. The molecule has 0 fully saturated rings. The minimum atomic E-state index is -0.327. The van der Waals surface area contributed by atoms with E-state index in [1.165, 1.54) is 0 Å². The summed E-state index contributed by atoms with van der Waals surface area (Å²) in [6.45, 7) is 5.16. The smallest absolute Gasteiger partial charge is 0.0738 e. The fourth-order valence-electron chi connectivity index (χ4n) is 1.01. The van der Waals surface area contributed by atoms with E-state index in [9.17, 15) is 0 Å². The molecule has 5 nitrogen and oxygen atoms in total. The summed E-state index contributed by atoms with van der Waals surface area (Å²) in [6.07, 6.45) is 1.71. The molecule has 0 saturated heterocycles. The summed E-state index contributed by atoms with van der Waals surface area (Å²) in [5, 5.41) is 19.6. The summed E-state index contributed by atoms with van der Waals surface area (Å²) in [5.41, 5.74) is 0.685. The zero-order valence-electron chi connectivity index (χ0n) is 8.78. The second-order valence-electron chi connectivity index (χ2n) is 3.95. The monoisotopic (exact) mass is 193 g/mol. The van der Waals surface area contributed by atoms with Crippen LogP contribution in [0.5, 0.6) is 0 Å². The van der Waals surface area contributed by atoms with Crippen LogP contribution < -0.4 is 5.32 Å². The van der Waals surface area contributed by atoms with Crippen LogP contribution in [0, 0.1) is 16.7 Å². The average molecular weight is 193 g/mol. The number of hydrogen-bond donors (Lipinski definition) is 1. The summed E-state index contributed by atoms with van der Waals surface area (Å²) in [7, 11) is 1.85. The Kier molecular flexibility index (Phi) is 3.20. The first-order chi connectivity index (χ1) is 6.55. The lowest BCUT2D eigenvalue weighted by Crippen LogP contribution is -2.28. The topological polar surface area (TPSA) is 66.5 Å². The molecule has 0 atom stereocenters. The van der Waals surface area contributed by atoms with E-state index in [-0.39, 0.29) is 5.41 Å². The molecular weight excluding hydrogens is 178 g/mol. The first-order valence-electron chi connectivity index (χ1n) is 4.51. The van der Waals surface area contributed by atoms with Crippen molar-refractivity contribution in [1.29, 1.82) is 5.26 Å². The molecule has 0 unspecified atom stereocenters. The molecule has 76 valence electrons. The zero-order valence-corrected chi connectivity index (χ0v) is 8.78. The van der Waals surface area contributed by atoms with Gasteiger partial charge >= 0.3 is 0 Å². The van der Waals surface area contributed by atoms with Gasteiger partial charge < -0.3 is 5.32 Å². The molecule has 0 amide bonds. The first-order valence-corrected chi connectivity index (χ1v) is 4.51. The Morgan fingerprint density at radius 3 is 2.86 bits per heavy atom. The first kappa shape index (κ1) is 10.7. The van der Waals surface area contributed by atoms with E-state index >= 15 is 0 Å². The molecule has 1 heterocycles. The lowest BCUT2D eigenvalue weighted by atomic mass is 9.96. The summed E-state index contributed by atoms with van der Waals surface area (Å²) < 4.78 is 1.71. The molecule has 1 rings (SSSR count). The highest BCUT2D eigenvalue weighted by molar-refractivity contribution is 4.96. The van der Waals surface area contributed by atoms with Gasteiger partial charge in [0.25, 0.3) is 0 Å². The van der Waals surface area contributed by atoms with Gasteiger partial charge in [0.05, 0.1) is 23.4 Å². The number of rotatable bonds is 4. The van der Waals surface area contributed by atoms with Gasteiger partial charge in [-0.05, 0) is 13.8 Å². The fourth-order valence-corrected chi connectivity index (χ4v) is 1.01. The normalized spacial score (nSPS) is 11.3. The van der Waals surface area contributed by atoms with Gasteiger partial charge in [-0.1, -0.05) is 5.21 Å². The summed E-state index contributed by atoms with van der Waals surface area (Å²) in [5.74, 6) is 0. The van der Waals surface area contributed by atoms with Crippen LogP contribution in [0.4, 0.5) is 0 Å². The van der Waals surface area contributed by atoms with E-state index in [1.807, 2.05) is 20.9 Å². The number of aryl methyl sites for hydroxylation is 1. The predicted octanol–water partition coefficient (Wildman–Crippen LogP) is 0.454. The number of nitrogens with zero attached hydrogens (tertiary/aromatic N) is 4. The quantitative estimate of drug-likeness (QED) is 0.754. The lowest BCUT2D eigenvalue weighted by molar-refractivity contribution is 0.439. The van der Waals surface area contributed by atoms with Crippen LogP contribution >= 0.6 is 0 Å². The van der Waals surface area contributed by atoms with Crippen molar-refractivity contribution in [2.75, 3.05) is 6.54 Å². The van der Waals surface area contributed by atoms with Gasteiger partial charge in [-0.15, -0.1) is 5.10 Å². The van der Waals surface area contributed by atoms with Gasteiger partial charge in [0, 0.05) is 20.1 Å². The van der Waals surface area contributed by atoms with Crippen molar-refractivity contribution >= 4 is 0 Å². The van der Waals surface area contributed by atoms with Gasteiger partial charge in [0.15, 0.2) is 0 Å². The number of nitrogens with one attached hydrogen (secondary N) is 1. The summed E-state index contributed by atoms with van der Waals surface area (Å²) >= 11 is 0. The molecule has 0 spiro atoms. The van der Waals surface area contributed by atoms with E-state index < -0.39 is 0 Å². The Bertz CT molecular complexity index is 333. The van der Waals surface area contributed by atoms with Gasteiger partial charge in [-0.2, -0.15) is 5.26 Å². The van der Waals surface area contributed by atoms with Crippen LogP contribution in [0.25, 0.3) is 0 Å². The Hall–Kier alpha value is -1.41. The van der Waals surface area contributed by atoms with Gasteiger partial charge in [0.2, 0.25) is 0 Å². The van der Waals surface area contributed by atoms with Crippen molar-refractivity contribution in [3.63, 3.8) is 0 Å². The fraction of sp³-hybridized carbons (Fsp3) is 0.667. The van der Waals surface area contributed by atoms with E-state index in [4.69, 9.17) is 5.26 Å². The molecule has 1 aromatic rings. The molecule has 0 aliphatic heterocycles. The van der Waals surface area contributed by atoms with E-state index in [0.29, 0.717) is 13.1 Å². The van der Waals surface area contributed by atoms with Crippen LogP contribution in [-0.4, -0.2) is 21.5 Å². The Morgan fingerprint density at radius 2 is 2.36 bits per heavy atom. The molecule has 0 bridgehead atoms. The molecule has 0 aliphatic rings. The molecule has 1 aromatic heterocycles. The number of nitriles is 1. The van der Waals surface area contributed by atoms with Gasteiger partial charge in [-0.25, -0.2) is 0 Å². The Balaban J connectivity index is 2.37. The minimum absolute atomic E-state index is 0.327.